The van der Waals surface area contributed by atoms with Crippen LogP contribution in [0.4, 0.5) is 5.69 Å². The molecule has 1 heterocycles. The summed E-state index contributed by atoms with van der Waals surface area (Å²) in [5, 5.41) is 2.69. The van der Waals surface area contributed by atoms with E-state index in [1.54, 1.807) is 18.3 Å². The number of amides is 1. The van der Waals surface area contributed by atoms with E-state index in [2.05, 4.69) is 15.0 Å². The van der Waals surface area contributed by atoms with Crippen molar-refractivity contribution in [1.82, 2.24) is 9.71 Å². The summed E-state index contributed by atoms with van der Waals surface area (Å²) in [4.78, 5) is 16.3. The first-order valence-electron chi connectivity index (χ1n) is 7.42. The molecule has 0 aliphatic heterocycles. The maximum atomic E-state index is 12.1. The van der Waals surface area contributed by atoms with Crippen LogP contribution in [0, 0.1) is 6.92 Å². The van der Waals surface area contributed by atoms with E-state index in [1.165, 1.54) is 12.1 Å². The summed E-state index contributed by atoms with van der Waals surface area (Å²) in [6.45, 7) is 2.23. The van der Waals surface area contributed by atoms with Gasteiger partial charge >= 0.3 is 0 Å². The zero-order valence-corrected chi connectivity index (χ0v) is 14.1. The highest BCUT2D eigenvalue weighted by Gasteiger charge is 2.14. The number of rotatable bonds is 7. The lowest BCUT2D eigenvalue weighted by atomic mass is 10.2. The highest BCUT2D eigenvalue weighted by molar-refractivity contribution is 7.89. The molecular formula is C16H20N4O3S. The number of pyridine rings is 1. The third kappa shape index (κ3) is 5.12. The number of nitrogens with zero attached hydrogens (tertiary/aromatic N) is 1. The molecular weight excluding hydrogens is 328 g/mol. The van der Waals surface area contributed by atoms with Gasteiger partial charge in [-0.1, -0.05) is 12.1 Å². The van der Waals surface area contributed by atoms with Gasteiger partial charge in [0.2, 0.25) is 15.9 Å². The van der Waals surface area contributed by atoms with Gasteiger partial charge in [0.05, 0.1) is 11.3 Å². The summed E-state index contributed by atoms with van der Waals surface area (Å²) in [5.41, 5.74) is 7.38. The molecule has 2 aromatic rings. The van der Waals surface area contributed by atoms with Crippen LogP contribution < -0.4 is 15.8 Å². The maximum Gasteiger partial charge on any atom is 0.240 e. The van der Waals surface area contributed by atoms with E-state index < -0.39 is 10.0 Å². The third-order valence-corrected chi connectivity index (χ3v) is 4.66. The van der Waals surface area contributed by atoms with E-state index in [9.17, 15) is 13.2 Å². The first-order chi connectivity index (χ1) is 11.4. The minimum absolute atomic E-state index is 0.0748. The molecule has 0 aliphatic carbocycles. The Morgan fingerprint density at radius 1 is 1.25 bits per heavy atom. The number of sulfonamides is 1. The predicted octanol–water partition coefficient (Wildman–Crippen LogP) is 0.808. The van der Waals surface area contributed by atoms with Crippen LogP contribution in [0.25, 0.3) is 0 Å². The quantitative estimate of drug-likeness (QED) is 0.685. The fourth-order valence-corrected chi connectivity index (χ4v) is 3.10. The van der Waals surface area contributed by atoms with Crippen molar-refractivity contribution in [1.29, 1.82) is 0 Å². The molecule has 1 aromatic heterocycles. The molecule has 8 heteroatoms. The molecule has 0 saturated carbocycles. The van der Waals surface area contributed by atoms with Gasteiger partial charge in [0, 0.05) is 30.7 Å². The predicted molar refractivity (Wildman–Crippen MR) is 92.0 cm³/mol. The maximum absolute atomic E-state index is 12.1. The molecule has 1 amide bonds. The van der Waals surface area contributed by atoms with E-state index in [4.69, 9.17) is 5.73 Å². The third-order valence-electron chi connectivity index (χ3n) is 3.20. The van der Waals surface area contributed by atoms with Crippen molar-refractivity contribution >= 4 is 21.6 Å². The van der Waals surface area contributed by atoms with Crippen molar-refractivity contribution < 1.29 is 13.2 Å². The molecule has 128 valence electrons. The Bertz CT molecular complexity index is 804. The van der Waals surface area contributed by atoms with Gasteiger partial charge in [-0.05, 0) is 36.8 Å². The van der Waals surface area contributed by atoms with Crippen molar-refractivity contribution in [2.24, 2.45) is 5.73 Å². The van der Waals surface area contributed by atoms with Crippen LogP contribution in [0.15, 0.2) is 47.5 Å². The molecule has 0 bridgehead atoms. The number of anilines is 1. The molecule has 0 fully saturated rings. The molecule has 1 aromatic carbocycles. The number of nitrogens with two attached hydrogens (primary N) is 1. The Labute approximate surface area is 141 Å². The molecule has 0 aliphatic rings. The van der Waals surface area contributed by atoms with Gasteiger partial charge < -0.3 is 11.1 Å². The van der Waals surface area contributed by atoms with Gasteiger partial charge in [-0.2, -0.15) is 0 Å². The number of hydrogen-bond acceptors (Lipinski definition) is 5. The van der Waals surface area contributed by atoms with Gasteiger partial charge in [-0.25, -0.2) is 13.1 Å². The van der Waals surface area contributed by atoms with Crippen molar-refractivity contribution in [3.8, 4) is 0 Å². The Balaban J connectivity index is 2.06. The summed E-state index contributed by atoms with van der Waals surface area (Å²) in [6.07, 6.45) is 1.81. The number of nitrogens with one attached hydrogen (secondary N) is 2. The Morgan fingerprint density at radius 2 is 2.04 bits per heavy atom. The first kappa shape index (κ1) is 18.1. The first-order valence-corrected chi connectivity index (χ1v) is 8.90. The minimum atomic E-state index is -3.64. The van der Waals surface area contributed by atoms with Crippen molar-refractivity contribution in [2.45, 2.75) is 18.2 Å². The van der Waals surface area contributed by atoms with Gasteiger partial charge in [-0.3, -0.25) is 9.78 Å². The largest absolute Gasteiger partial charge is 0.329 e. The van der Waals surface area contributed by atoms with Gasteiger partial charge in [0.25, 0.3) is 0 Å². The average Bonchev–Trinajstić information content (AvgIpc) is 2.55. The number of hydrogen-bond donors (Lipinski definition) is 3. The second-order valence-corrected chi connectivity index (χ2v) is 7.01. The fourth-order valence-electron chi connectivity index (χ4n) is 2.01. The highest BCUT2D eigenvalue weighted by Crippen LogP contribution is 2.15. The number of aromatic nitrogens is 1. The summed E-state index contributed by atoms with van der Waals surface area (Å²) >= 11 is 0. The molecule has 2 rings (SSSR count). The average molecular weight is 348 g/mol. The molecule has 0 unspecified atom stereocenters. The summed E-state index contributed by atoms with van der Waals surface area (Å²) in [5.74, 6) is -0.245. The van der Waals surface area contributed by atoms with Crippen LogP contribution in [-0.2, 0) is 21.2 Å². The van der Waals surface area contributed by atoms with Crippen LogP contribution in [-0.4, -0.2) is 32.4 Å². The Morgan fingerprint density at radius 3 is 2.71 bits per heavy atom. The Kier molecular flexibility index (Phi) is 6.02. The normalized spacial score (nSPS) is 11.2. The van der Waals surface area contributed by atoms with E-state index in [-0.39, 0.29) is 30.3 Å². The summed E-state index contributed by atoms with van der Waals surface area (Å²) in [7, 11) is -3.64. The zero-order chi connectivity index (χ0) is 17.6. The fraction of sp³-hybridized carbons (Fsp3) is 0.250. The lowest BCUT2D eigenvalue weighted by Gasteiger charge is -2.09. The van der Waals surface area contributed by atoms with Crippen LogP contribution in [0.5, 0.6) is 0 Å². The molecule has 7 nitrogen and oxygen atoms in total. The van der Waals surface area contributed by atoms with Gasteiger partial charge in [-0.15, -0.1) is 0 Å². The zero-order valence-electron chi connectivity index (χ0n) is 13.3. The molecule has 0 spiro atoms. The lowest BCUT2D eigenvalue weighted by Crippen LogP contribution is -2.29. The molecule has 0 atom stereocenters. The van der Waals surface area contributed by atoms with E-state index in [0.717, 1.165) is 11.3 Å². The number of carbonyl (C=O) groups excluding carboxylic acids is 1. The highest BCUT2D eigenvalue weighted by atomic mass is 32.2. The second kappa shape index (κ2) is 8.00. The smallest absolute Gasteiger partial charge is 0.240 e. The second-order valence-electron chi connectivity index (χ2n) is 5.25. The number of carbonyl (C=O) groups is 1. The van der Waals surface area contributed by atoms with Crippen LogP contribution in [0.1, 0.15) is 11.3 Å². The topological polar surface area (TPSA) is 114 Å². The lowest BCUT2D eigenvalue weighted by molar-refractivity contribution is -0.115. The van der Waals surface area contributed by atoms with Crippen molar-refractivity contribution in [2.75, 3.05) is 18.4 Å². The monoisotopic (exact) mass is 348 g/mol. The SMILES string of the molecule is Cc1ccc(CC(=O)Nc2cccc(S(=O)(=O)NCCN)c2)cn1. The van der Waals surface area contributed by atoms with Gasteiger partial charge in [0.1, 0.15) is 0 Å². The standard InChI is InChI=1S/C16H20N4O3S/c1-12-5-6-13(11-18-12)9-16(21)20-14-3-2-4-15(10-14)24(22,23)19-8-7-17/h2-6,10-11,19H,7-9,17H2,1H3,(H,20,21). The molecule has 0 radical (unpaired) electrons. The minimum Gasteiger partial charge on any atom is -0.329 e. The summed E-state index contributed by atoms with van der Waals surface area (Å²) in [6, 6.07) is 9.73. The van der Waals surface area contributed by atoms with Crippen molar-refractivity contribution in [3.05, 3.63) is 53.9 Å². The van der Waals surface area contributed by atoms with Crippen LogP contribution in [0.2, 0.25) is 0 Å². The van der Waals surface area contributed by atoms with Crippen LogP contribution in [0.3, 0.4) is 0 Å². The van der Waals surface area contributed by atoms with E-state index in [1.807, 2.05) is 19.1 Å². The molecule has 24 heavy (non-hydrogen) atoms. The van der Waals surface area contributed by atoms with Gasteiger partial charge in [0.15, 0.2) is 0 Å². The molecule has 0 saturated heterocycles. The number of benzene rings is 1. The van der Waals surface area contributed by atoms with E-state index in [0.29, 0.717) is 5.69 Å². The van der Waals surface area contributed by atoms with E-state index >= 15 is 0 Å². The van der Waals surface area contributed by atoms with Crippen LogP contribution >= 0.6 is 0 Å². The Hall–Kier alpha value is -2.29. The summed E-state index contributed by atoms with van der Waals surface area (Å²) < 4.78 is 26.5. The van der Waals surface area contributed by atoms with Crippen molar-refractivity contribution in [3.63, 3.8) is 0 Å². The molecule has 4 N–H and O–H groups in total. The number of aryl methyl sites for hydroxylation is 1.